The van der Waals surface area contributed by atoms with E-state index < -0.39 is 29.4 Å². The number of carboxylic acid groups (broad SMARTS) is 1. The molecule has 0 aliphatic heterocycles. The average molecular weight is 417 g/mol. The lowest BCUT2D eigenvalue weighted by Gasteiger charge is -2.07. The lowest BCUT2D eigenvalue weighted by molar-refractivity contribution is -0.137. The Morgan fingerprint density at radius 3 is 2.50 bits per heavy atom. The minimum absolute atomic E-state index is 0.156. The number of carboxylic acids is 1. The van der Waals surface area contributed by atoms with Crippen LogP contribution in [0.2, 0.25) is 0 Å². The number of carbonyl (C=O) groups excluding carboxylic acids is 1. The van der Waals surface area contributed by atoms with Gasteiger partial charge in [0.1, 0.15) is 22.8 Å². The molecule has 0 fully saturated rings. The van der Waals surface area contributed by atoms with Gasteiger partial charge in [0, 0.05) is 17.3 Å². The number of hydrogen-bond donors (Lipinski definition) is 3. The van der Waals surface area contributed by atoms with Gasteiger partial charge in [0.15, 0.2) is 0 Å². The number of carbonyl (C=O) groups is 2. The molecular weight excluding hydrogens is 403 g/mol. The van der Waals surface area contributed by atoms with Gasteiger partial charge in [0.25, 0.3) is 0 Å². The molecule has 0 aliphatic carbocycles. The number of nitrogens with one attached hydrogen (secondary N) is 1. The molecule has 0 aliphatic rings. The fourth-order valence-corrected chi connectivity index (χ4v) is 2.57. The second-order valence-electron chi connectivity index (χ2n) is 6.14. The second kappa shape index (κ2) is 8.16. The zero-order chi connectivity index (χ0) is 21.9. The molecule has 2 aromatic carbocycles. The number of alkyl halides is 3. The van der Waals surface area contributed by atoms with Gasteiger partial charge in [-0.3, -0.25) is 4.79 Å². The van der Waals surface area contributed by atoms with E-state index in [4.69, 9.17) is 9.52 Å². The molecule has 3 N–H and O–H groups in total. The zero-order valence-electron chi connectivity index (χ0n) is 15.1. The molecular formula is C21H14F3NO5. The highest BCUT2D eigenvalue weighted by Crippen LogP contribution is 2.32. The first-order chi connectivity index (χ1) is 14.1. The summed E-state index contributed by atoms with van der Waals surface area (Å²) >= 11 is 0. The Morgan fingerprint density at radius 1 is 1.03 bits per heavy atom. The highest BCUT2D eigenvalue weighted by atomic mass is 19.4. The summed E-state index contributed by atoms with van der Waals surface area (Å²) in [4.78, 5) is 23.0. The summed E-state index contributed by atoms with van der Waals surface area (Å²) in [6.45, 7) is 0. The van der Waals surface area contributed by atoms with Crippen molar-refractivity contribution in [3.63, 3.8) is 0 Å². The minimum Gasteiger partial charge on any atom is -0.507 e. The Labute approximate surface area is 167 Å². The minimum atomic E-state index is -4.47. The molecule has 154 valence electrons. The summed E-state index contributed by atoms with van der Waals surface area (Å²) in [5.74, 6) is -1.96. The van der Waals surface area contributed by atoms with Gasteiger partial charge in [-0.05, 0) is 48.5 Å². The molecule has 0 saturated carbocycles. The zero-order valence-corrected chi connectivity index (χ0v) is 15.1. The van der Waals surface area contributed by atoms with Crippen LogP contribution in [-0.2, 0) is 11.0 Å². The maximum atomic E-state index is 12.8. The van der Waals surface area contributed by atoms with Crippen molar-refractivity contribution in [1.29, 1.82) is 0 Å². The SMILES string of the molecule is O=C(/C=C/c1ccc(-c2cccc(C(F)(F)F)c2)o1)Nc1ccc(O)c(C(=O)O)c1. The summed E-state index contributed by atoms with van der Waals surface area (Å²) in [6.07, 6.45) is -2.05. The fourth-order valence-electron chi connectivity index (χ4n) is 2.57. The molecule has 1 aromatic heterocycles. The Balaban J connectivity index is 1.71. The number of phenols is 1. The third-order valence-electron chi connectivity index (χ3n) is 3.99. The Hall–Kier alpha value is -4.01. The topological polar surface area (TPSA) is 99.8 Å². The van der Waals surface area contributed by atoms with E-state index in [2.05, 4.69) is 5.32 Å². The van der Waals surface area contributed by atoms with Gasteiger partial charge in [-0.1, -0.05) is 12.1 Å². The van der Waals surface area contributed by atoms with Crippen LogP contribution in [0.25, 0.3) is 17.4 Å². The molecule has 9 heteroatoms. The lowest BCUT2D eigenvalue weighted by atomic mass is 10.1. The highest BCUT2D eigenvalue weighted by Gasteiger charge is 2.30. The van der Waals surface area contributed by atoms with Crippen molar-refractivity contribution in [1.82, 2.24) is 0 Å². The first kappa shape index (κ1) is 20.7. The second-order valence-corrected chi connectivity index (χ2v) is 6.14. The number of aromatic carboxylic acids is 1. The molecule has 3 rings (SSSR count). The molecule has 0 spiro atoms. The number of rotatable bonds is 5. The van der Waals surface area contributed by atoms with Gasteiger partial charge < -0.3 is 19.9 Å². The van der Waals surface area contributed by atoms with Crippen LogP contribution in [0.4, 0.5) is 18.9 Å². The molecule has 3 aromatic rings. The van der Waals surface area contributed by atoms with Crippen LogP contribution in [-0.4, -0.2) is 22.1 Å². The predicted molar refractivity (Wildman–Crippen MR) is 102 cm³/mol. The van der Waals surface area contributed by atoms with Crippen LogP contribution in [0.1, 0.15) is 21.7 Å². The molecule has 6 nitrogen and oxygen atoms in total. The van der Waals surface area contributed by atoms with Gasteiger partial charge in [-0.15, -0.1) is 0 Å². The van der Waals surface area contributed by atoms with Crippen LogP contribution in [0.15, 0.2) is 65.1 Å². The largest absolute Gasteiger partial charge is 0.507 e. The summed E-state index contributed by atoms with van der Waals surface area (Å²) in [6, 6.07) is 11.2. The van der Waals surface area contributed by atoms with E-state index >= 15 is 0 Å². The monoisotopic (exact) mass is 417 g/mol. The Bertz CT molecular complexity index is 1130. The van der Waals surface area contributed by atoms with Crippen LogP contribution >= 0.6 is 0 Å². The molecule has 0 radical (unpaired) electrons. The number of furan rings is 1. The molecule has 30 heavy (non-hydrogen) atoms. The van der Waals surface area contributed by atoms with Crippen LogP contribution < -0.4 is 5.32 Å². The fraction of sp³-hybridized carbons (Fsp3) is 0.0476. The van der Waals surface area contributed by atoms with Crippen molar-refractivity contribution in [2.75, 3.05) is 5.32 Å². The van der Waals surface area contributed by atoms with E-state index in [0.717, 1.165) is 30.3 Å². The number of aromatic hydroxyl groups is 1. The van der Waals surface area contributed by atoms with Gasteiger partial charge in [0.05, 0.1) is 5.56 Å². The van der Waals surface area contributed by atoms with Gasteiger partial charge in [-0.25, -0.2) is 4.79 Å². The van der Waals surface area contributed by atoms with Crippen molar-refractivity contribution in [3.8, 4) is 17.1 Å². The number of benzene rings is 2. The first-order valence-corrected chi connectivity index (χ1v) is 8.46. The number of amides is 1. The van der Waals surface area contributed by atoms with Gasteiger partial charge in [0.2, 0.25) is 5.91 Å². The van der Waals surface area contributed by atoms with Crippen molar-refractivity contribution in [2.45, 2.75) is 6.18 Å². The molecule has 0 atom stereocenters. The van der Waals surface area contributed by atoms with Crippen molar-refractivity contribution < 1.29 is 37.4 Å². The summed E-state index contributed by atoms with van der Waals surface area (Å²) in [5, 5.41) is 20.9. The normalized spacial score (nSPS) is 11.6. The highest BCUT2D eigenvalue weighted by molar-refractivity contribution is 6.02. The van der Waals surface area contributed by atoms with Crippen LogP contribution in [0, 0.1) is 0 Å². The van der Waals surface area contributed by atoms with Crippen molar-refractivity contribution in [2.24, 2.45) is 0 Å². The van der Waals surface area contributed by atoms with E-state index in [-0.39, 0.29) is 28.3 Å². The lowest BCUT2D eigenvalue weighted by Crippen LogP contribution is -2.08. The quantitative estimate of drug-likeness (QED) is 0.400. The maximum absolute atomic E-state index is 12.8. The number of halogens is 3. The molecule has 1 amide bonds. The Morgan fingerprint density at radius 2 is 1.80 bits per heavy atom. The number of anilines is 1. The molecule has 1 heterocycles. The maximum Gasteiger partial charge on any atom is 0.416 e. The van der Waals surface area contributed by atoms with Crippen LogP contribution in [0.3, 0.4) is 0 Å². The smallest absolute Gasteiger partial charge is 0.416 e. The van der Waals surface area contributed by atoms with Gasteiger partial charge in [-0.2, -0.15) is 13.2 Å². The van der Waals surface area contributed by atoms with E-state index in [9.17, 15) is 27.9 Å². The predicted octanol–water partition coefficient (Wildman–Crippen LogP) is 5.02. The number of hydrogen-bond acceptors (Lipinski definition) is 4. The third-order valence-corrected chi connectivity index (χ3v) is 3.99. The van der Waals surface area contributed by atoms with E-state index in [0.29, 0.717) is 0 Å². The summed E-state index contributed by atoms with van der Waals surface area (Å²) < 4.78 is 44.0. The van der Waals surface area contributed by atoms with E-state index in [1.165, 1.54) is 36.4 Å². The molecule has 0 unspecified atom stereocenters. The van der Waals surface area contributed by atoms with E-state index in [1.54, 1.807) is 0 Å². The molecule has 0 saturated heterocycles. The van der Waals surface area contributed by atoms with E-state index in [1.807, 2.05) is 0 Å². The van der Waals surface area contributed by atoms with Crippen LogP contribution in [0.5, 0.6) is 5.75 Å². The standard InChI is InChI=1S/C21H14F3NO5/c22-21(23,24)13-3-1-2-12(10-13)18-8-5-15(30-18)6-9-19(27)25-14-4-7-17(26)16(11-14)20(28)29/h1-11,26H,(H,25,27)(H,28,29)/b9-6+. The average Bonchev–Trinajstić information content (AvgIpc) is 3.16. The first-order valence-electron chi connectivity index (χ1n) is 8.46. The summed E-state index contributed by atoms with van der Waals surface area (Å²) in [7, 11) is 0. The Kier molecular flexibility index (Phi) is 5.63. The third kappa shape index (κ3) is 4.88. The van der Waals surface area contributed by atoms with Crippen molar-refractivity contribution in [3.05, 3.63) is 77.6 Å². The van der Waals surface area contributed by atoms with Gasteiger partial charge >= 0.3 is 12.1 Å². The van der Waals surface area contributed by atoms with Crippen molar-refractivity contribution >= 4 is 23.6 Å². The molecule has 0 bridgehead atoms. The summed E-state index contributed by atoms with van der Waals surface area (Å²) in [5.41, 5.74) is -0.779.